The van der Waals surface area contributed by atoms with E-state index in [2.05, 4.69) is 14.8 Å². The number of halogens is 2. The molecule has 0 amide bonds. The van der Waals surface area contributed by atoms with E-state index in [-0.39, 0.29) is 5.52 Å². The average Bonchev–Trinajstić information content (AvgIpc) is 2.99. The zero-order valence-corrected chi connectivity index (χ0v) is 13.8. The van der Waals surface area contributed by atoms with Crippen LogP contribution in [0, 0.1) is 11.6 Å². The van der Waals surface area contributed by atoms with Crippen LogP contribution in [0.5, 0.6) is 0 Å². The topological polar surface area (TPSA) is 19.4 Å². The minimum atomic E-state index is -0.585. The van der Waals surface area contributed by atoms with Crippen molar-refractivity contribution in [2.45, 2.75) is 38.1 Å². The highest BCUT2D eigenvalue weighted by Crippen LogP contribution is 2.31. The predicted molar refractivity (Wildman–Crippen MR) is 92.3 cm³/mol. The van der Waals surface area contributed by atoms with Gasteiger partial charge in [-0.25, -0.2) is 8.78 Å². The average molecular weight is 331 g/mol. The molecule has 24 heavy (non-hydrogen) atoms. The number of rotatable bonds is 2. The number of pyridine rings is 1. The first-order valence-corrected chi connectivity index (χ1v) is 8.95. The fourth-order valence-electron chi connectivity index (χ4n) is 4.18. The molecule has 3 nitrogen and oxygen atoms in total. The van der Waals surface area contributed by atoms with Crippen LogP contribution in [0.25, 0.3) is 10.9 Å². The molecule has 2 fully saturated rings. The van der Waals surface area contributed by atoms with Crippen molar-refractivity contribution >= 4 is 16.6 Å². The molecule has 0 radical (unpaired) electrons. The van der Waals surface area contributed by atoms with Crippen molar-refractivity contribution in [1.29, 1.82) is 0 Å². The quantitative estimate of drug-likeness (QED) is 0.830. The van der Waals surface area contributed by atoms with Crippen LogP contribution in [0.4, 0.5) is 14.5 Å². The summed E-state index contributed by atoms with van der Waals surface area (Å²) < 4.78 is 27.8. The number of benzene rings is 1. The molecule has 2 saturated heterocycles. The van der Waals surface area contributed by atoms with Gasteiger partial charge in [0.05, 0.1) is 0 Å². The Morgan fingerprint density at radius 1 is 1.00 bits per heavy atom. The maximum absolute atomic E-state index is 14.1. The number of nitrogens with zero attached hydrogens (tertiary/aromatic N) is 3. The Kier molecular flexibility index (Phi) is 4.35. The van der Waals surface area contributed by atoms with E-state index in [0.29, 0.717) is 11.4 Å². The molecular formula is C19H23F2N3. The van der Waals surface area contributed by atoms with Crippen LogP contribution in [0.1, 0.15) is 32.1 Å². The second-order valence-electron chi connectivity index (χ2n) is 6.95. The highest BCUT2D eigenvalue weighted by Gasteiger charge is 2.27. The second-order valence-corrected chi connectivity index (χ2v) is 6.95. The van der Waals surface area contributed by atoms with E-state index in [0.717, 1.165) is 31.3 Å². The second kappa shape index (κ2) is 6.63. The first kappa shape index (κ1) is 15.8. The number of aromatic nitrogens is 1. The molecular weight excluding hydrogens is 308 g/mol. The van der Waals surface area contributed by atoms with Gasteiger partial charge in [-0.05, 0) is 50.9 Å². The SMILES string of the molecule is Fc1cc(F)c2nccc(N3CCCCC(N4CCCC4)C3)c2c1. The zero-order valence-electron chi connectivity index (χ0n) is 13.8. The Bertz CT molecular complexity index is 728. The summed E-state index contributed by atoms with van der Waals surface area (Å²) in [4.78, 5) is 9.01. The number of anilines is 1. The largest absolute Gasteiger partial charge is 0.369 e. The lowest BCUT2D eigenvalue weighted by Crippen LogP contribution is -2.41. The third-order valence-corrected chi connectivity index (χ3v) is 5.38. The standard InChI is InChI=1S/C19H23F2N3/c20-14-11-16-18(6-7-22-19(16)17(21)12-14)24-10-2-1-5-15(13-24)23-8-3-4-9-23/h6-7,11-12,15H,1-5,8-10,13H2. The van der Waals surface area contributed by atoms with Crippen molar-refractivity contribution in [1.82, 2.24) is 9.88 Å². The first-order chi connectivity index (χ1) is 11.7. The normalized spacial score (nSPS) is 22.9. The highest BCUT2D eigenvalue weighted by atomic mass is 19.1. The molecule has 1 aromatic carbocycles. The van der Waals surface area contributed by atoms with Gasteiger partial charge in [-0.3, -0.25) is 9.88 Å². The minimum absolute atomic E-state index is 0.260. The Morgan fingerprint density at radius 3 is 2.62 bits per heavy atom. The molecule has 4 rings (SSSR count). The van der Waals surface area contributed by atoms with Crippen LogP contribution in [0.3, 0.4) is 0 Å². The van der Waals surface area contributed by atoms with Gasteiger partial charge in [0.2, 0.25) is 0 Å². The van der Waals surface area contributed by atoms with Crippen molar-refractivity contribution in [2.24, 2.45) is 0 Å². The van der Waals surface area contributed by atoms with Crippen molar-refractivity contribution in [2.75, 3.05) is 31.1 Å². The van der Waals surface area contributed by atoms with Crippen molar-refractivity contribution in [3.63, 3.8) is 0 Å². The molecule has 2 aliphatic heterocycles. The summed E-state index contributed by atoms with van der Waals surface area (Å²) in [7, 11) is 0. The Balaban J connectivity index is 1.70. The van der Waals surface area contributed by atoms with Crippen LogP contribution >= 0.6 is 0 Å². The molecule has 0 bridgehead atoms. The minimum Gasteiger partial charge on any atom is -0.369 e. The monoisotopic (exact) mass is 331 g/mol. The fourth-order valence-corrected chi connectivity index (χ4v) is 4.18. The van der Waals surface area contributed by atoms with Gasteiger partial charge in [-0.15, -0.1) is 0 Å². The molecule has 2 aliphatic rings. The molecule has 1 aromatic heterocycles. The number of hydrogen-bond donors (Lipinski definition) is 0. The van der Waals surface area contributed by atoms with E-state index in [1.807, 2.05) is 6.07 Å². The summed E-state index contributed by atoms with van der Waals surface area (Å²) in [5, 5.41) is 0.581. The maximum atomic E-state index is 14.1. The predicted octanol–water partition coefficient (Wildman–Crippen LogP) is 3.97. The van der Waals surface area contributed by atoms with Crippen molar-refractivity contribution in [3.8, 4) is 0 Å². The maximum Gasteiger partial charge on any atom is 0.152 e. The van der Waals surface area contributed by atoms with Crippen LogP contribution in [0.2, 0.25) is 0 Å². The molecule has 0 N–H and O–H groups in total. The van der Waals surface area contributed by atoms with Crippen LogP contribution < -0.4 is 4.90 Å². The molecule has 3 heterocycles. The molecule has 128 valence electrons. The summed E-state index contributed by atoms with van der Waals surface area (Å²) in [5.74, 6) is -1.13. The van der Waals surface area contributed by atoms with E-state index in [1.54, 1.807) is 6.20 Å². The molecule has 0 spiro atoms. The van der Waals surface area contributed by atoms with Gasteiger partial charge < -0.3 is 4.90 Å². The lowest BCUT2D eigenvalue weighted by molar-refractivity contribution is 0.237. The number of likely N-dealkylation sites (tertiary alicyclic amines) is 1. The molecule has 1 unspecified atom stereocenters. The van der Waals surface area contributed by atoms with E-state index in [9.17, 15) is 8.78 Å². The lowest BCUT2D eigenvalue weighted by Gasteiger charge is -2.32. The Hall–Kier alpha value is -1.75. The lowest BCUT2D eigenvalue weighted by atomic mass is 10.1. The Labute approximate surface area is 141 Å². The summed E-state index contributed by atoms with van der Waals surface area (Å²) in [5.41, 5.74) is 1.17. The van der Waals surface area contributed by atoms with E-state index in [4.69, 9.17) is 0 Å². The third-order valence-electron chi connectivity index (χ3n) is 5.38. The highest BCUT2D eigenvalue weighted by molar-refractivity contribution is 5.92. The summed E-state index contributed by atoms with van der Waals surface area (Å²) in [6, 6.07) is 4.76. The van der Waals surface area contributed by atoms with Gasteiger partial charge in [-0.2, -0.15) is 0 Å². The Morgan fingerprint density at radius 2 is 1.79 bits per heavy atom. The van der Waals surface area contributed by atoms with Gasteiger partial charge in [0.15, 0.2) is 5.82 Å². The van der Waals surface area contributed by atoms with E-state index >= 15 is 0 Å². The molecule has 5 heteroatoms. The van der Waals surface area contributed by atoms with Gasteiger partial charge in [0.1, 0.15) is 11.3 Å². The summed E-state index contributed by atoms with van der Waals surface area (Å²) in [6.45, 7) is 4.22. The van der Waals surface area contributed by atoms with E-state index < -0.39 is 11.6 Å². The van der Waals surface area contributed by atoms with Crippen LogP contribution in [-0.2, 0) is 0 Å². The van der Waals surface area contributed by atoms with Crippen molar-refractivity contribution < 1.29 is 8.78 Å². The molecule has 0 aliphatic carbocycles. The van der Waals surface area contributed by atoms with Gasteiger partial charge >= 0.3 is 0 Å². The van der Waals surface area contributed by atoms with Crippen LogP contribution in [-0.4, -0.2) is 42.1 Å². The number of fused-ring (bicyclic) bond motifs is 1. The van der Waals surface area contributed by atoms with Gasteiger partial charge in [-0.1, -0.05) is 6.42 Å². The van der Waals surface area contributed by atoms with Crippen LogP contribution in [0.15, 0.2) is 24.4 Å². The van der Waals surface area contributed by atoms with Gasteiger partial charge in [0.25, 0.3) is 0 Å². The molecule has 0 saturated carbocycles. The third kappa shape index (κ3) is 2.97. The summed E-state index contributed by atoms with van der Waals surface area (Å²) >= 11 is 0. The van der Waals surface area contributed by atoms with Crippen molar-refractivity contribution in [3.05, 3.63) is 36.0 Å². The molecule has 1 atom stereocenters. The fraction of sp³-hybridized carbons (Fsp3) is 0.526. The smallest absolute Gasteiger partial charge is 0.152 e. The summed E-state index contributed by atoms with van der Waals surface area (Å²) in [6.07, 6.45) is 7.74. The molecule has 2 aromatic rings. The number of hydrogen-bond acceptors (Lipinski definition) is 3. The van der Waals surface area contributed by atoms with E-state index in [1.165, 1.54) is 44.8 Å². The first-order valence-electron chi connectivity index (χ1n) is 8.95. The van der Waals surface area contributed by atoms with Gasteiger partial charge in [0, 0.05) is 42.5 Å². The zero-order chi connectivity index (χ0) is 16.5.